The monoisotopic (exact) mass is 320 g/mol. The van der Waals surface area contributed by atoms with E-state index >= 15 is 0 Å². The van der Waals surface area contributed by atoms with Gasteiger partial charge in [0.05, 0.1) is 6.61 Å². The lowest BCUT2D eigenvalue weighted by Crippen LogP contribution is -2.28. The third kappa shape index (κ3) is 6.75. The number of carbonyl (C=O) groups is 1. The number of carbonyl (C=O) groups excluding carboxylic acids is 1. The first-order valence-electron chi connectivity index (χ1n) is 6.45. The lowest BCUT2D eigenvalue weighted by molar-refractivity contribution is -0.119. The molecule has 1 aromatic rings. The Morgan fingerprint density at radius 3 is 2.67 bits per heavy atom. The van der Waals surface area contributed by atoms with Crippen molar-refractivity contribution in [2.24, 2.45) is 5.92 Å². The second-order valence-electron chi connectivity index (χ2n) is 4.43. The highest BCUT2D eigenvalue weighted by atomic mass is 35.5. The zero-order valence-electron chi connectivity index (χ0n) is 12.4. The Bertz CT molecular complexity index is 446. The Morgan fingerprint density at radius 2 is 2.10 bits per heavy atom. The topological polar surface area (TPSA) is 59.6 Å². The van der Waals surface area contributed by atoms with E-state index in [4.69, 9.17) is 9.47 Å². The molecule has 1 amide bonds. The summed E-state index contributed by atoms with van der Waals surface area (Å²) in [5.74, 6) is -0.726. The summed E-state index contributed by atoms with van der Waals surface area (Å²) in [5.41, 5.74) is 0.412. The summed E-state index contributed by atoms with van der Waals surface area (Å²) in [6.45, 7) is 3.02. The minimum Gasteiger partial charge on any atom is -0.488 e. The molecule has 120 valence electrons. The third-order valence-electron chi connectivity index (χ3n) is 2.70. The van der Waals surface area contributed by atoms with Crippen LogP contribution in [-0.2, 0) is 9.53 Å². The lowest BCUT2D eigenvalue weighted by atomic mass is 10.1. The number of amides is 1. The van der Waals surface area contributed by atoms with E-state index in [1.807, 2.05) is 0 Å². The second kappa shape index (κ2) is 10.4. The van der Waals surface area contributed by atoms with Crippen LogP contribution in [0.25, 0.3) is 0 Å². The van der Waals surface area contributed by atoms with E-state index in [2.05, 4.69) is 10.6 Å². The molecule has 0 heterocycles. The van der Waals surface area contributed by atoms with Gasteiger partial charge in [0.15, 0.2) is 11.6 Å². The van der Waals surface area contributed by atoms with Crippen molar-refractivity contribution in [2.45, 2.75) is 6.92 Å². The van der Waals surface area contributed by atoms with Crippen LogP contribution >= 0.6 is 12.4 Å². The summed E-state index contributed by atoms with van der Waals surface area (Å²) < 4.78 is 23.8. The zero-order valence-corrected chi connectivity index (χ0v) is 13.3. The normalized spacial score (nSPS) is 11.4. The van der Waals surface area contributed by atoms with E-state index in [0.717, 1.165) is 0 Å². The molecule has 0 aromatic heterocycles. The molecule has 0 bridgehead atoms. The van der Waals surface area contributed by atoms with Crippen molar-refractivity contribution in [3.8, 4) is 5.75 Å². The highest BCUT2D eigenvalue weighted by molar-refractivity contribution is 5.92. The van der Waals surface area contributed by atoms with Crippen molar-refractivity contribution in [3.63, 3.8) is 0 Å². The van der Waals surface area contributed by atoms with E-state index in [-0.39, 0.29) is 36.6 Å². The van der Waals surface area contributed by atoms with E-state index < -0.39 is 5.82 Å². The first-order chi connectivity index (χ1) is 9.58. The van der Waals surface area contributed by atoms with Gasteiger partial charge in [-0.1, -0.05) is 6.92 Å². The van der Waals surface area contributed by atoms with Gasteiger partial charge in [-0.2, -0.15) is 0 Å². The van der Waals surface area contributed by atoms with Gasteiger partial charge in [0.2, 0.25) is 5.91 Å². The van der Waals surface area contributed by atoms with Crippen molar-refractivity contribution in [1.29, 1.82) is 0 Å². The molecular formula is C14H22ClFN2O3. The van der Waals surface area contributed by atoms with Crippen LogP contribution in [0.5, 0.6) is 5.75 Å². The maximum absolute atomic E-state index is 13.7. The van der Waals surface area contributed by atoms with Gasteiger partial charge in [-0.3, -0.25) is 4.79 Å². The fourth-order valence-electron chi connectivity index (χ4n) is 1.59. The molecule has 1 atom stereocenters. The fraction of sp³-hybridized carbons (Fsp3) is 0.500. The molecular weight excluding hydrogens is 299 g/mol. The number of ether oxygens (including phenoxy) is 2. The molecule has 0 aliphatic heterocycles. The molecule has 0 saturated carbocycles. The highest BCUT2D eigenvalue weighted by Crippen LogP contribution is 2.21. The Hall–Kier alpha value is -1.37. The Morgan fingerprint density at radius 1 is 1.38 bits per heavy atom. The fourth-order valence-corrected chi connectivity index (χ4v) is 1.59. The minimum atomic E-state index is -0.514. The van der Waals surface area contributed by atoms with Crippen LogP contribution in [-0.4, -0.2) is 39.8 Å². The number of methoxy groups -OCH3 is 1. The average molecular weight is 321 g/mol. The molecule has 2 N–H and O–H groups in total. The summed E-state index contributed by atoms with van der Waals surface area (Å²) in [6.07, 6.45) is 0. The van der Waals surface area contributed by atoms with Crippen LogP contribution in [0.2, 0.25) is 0 Å². The van der Waals surface area contributed by atoms with E-state index in [1.54, 1.807) is 27.1 Å². The van der Waals surface area contributed by atoms with E-state index in [0.29, 0.717) is 18.8 Å². The summed E-state index contributed by atoms with van der Waals surface area (Å²) in [6, 6.07) is 4.34. The second-order valence-corrected chi connectivity index (χ2v) is 4.43. The van der Waals surface area contributed by atoms with Gasteiger partial charge in [-0.25, -0.2) is 4.39 Å². The van der Waals surface area contributed by atoms with Gasteiger partial charge in [0, 0.05) is 31.3 Å². The summed E-state index contributed by atoms with van der Waals surface area (Å²) in [4.78, 5) is 11.8. The van der Waals surface area contributed by atoms with Crippen LogP contribution in [0.15, 0.2) is 18.2 Å². The minimum absolute atomic E-state index is 0. The first-order valence-corrected chi connectivity index (χ1v) is 6.45. The maximum atomic E-state index is 13.7. The number of hydrogen-bond acceptors (Lipinski definition) is 4. The predicted octanol–water partition coefficient (Wildman–Crippen LogP) is 2.07. The van der Waals surface area contributed by atoms with Crippen LogP contribution in [0.3, 0.4) is 0 Å². The Labute approximate surface area is 130 Å². The number of rotatable bonds is 8. The Kier molecular flexibility index (Phi) is 9.69. The smallest absolute Gasteiger partial charge is 0.228 e. The summed E-state index contributed by atoms with van der Waals surface area (Å²) in [5, 5.41) is 5.58. The first kappa shape index (κ1) is 19.6. The number of anilines is 1. The van der Waals surface area contributed by atoms with Crippen LogP contribution in [0.4, 0.5) is 10.1 Å². The highest BCUT2D eigenvalue weighted by Gasteiger charge is 2.13. The van der Waals surface area contributed by atoms with Crippen LogP contribution < -0.4 is 15.4 Å². The molecule has 5 nitrogen and oxygen atoms in total. The quantitative estimate of drug-likeness (QED) is 0.720. The van der Waals surface area contributed by atoms with Gasteiger partial charge in [0.1, 0.15) is 6.61 Å². The predicted molar refractivity (Wildman–Crippen MR) is 82.7 cm³/mol. The van der Waals surface area contributed by atoms with Crippen LogP contribution in [0.1, 0.15) is 6.92 Å². The number of halogens is 2. The third-order valence-corrected chi connectivity index (χ3v) is 2.70. The molecule has 0 spiro atoms. The molecule has 1 aromatic carbocycles. The standard InChI is InChI=1S/C14H21FN2O3.ClH/c1-10(9-16-2)14(18)17-11-4-5-13(12(15)8-11)20-7-6-19-3;/h4-5,8,10,16H,6-7,9H2,1-3H3,(H,17,18);1H. The van der Waals surface area contributed by atoms with Crippen molar-refractivity contribution in [3.05, 3.63) is 24.0 Å². The molecule has 0 fully saturated rings. The molecule has 1 rings (SSSR count). The maximum Gasteiger partial charge on any atom is 0.228 e. The van der Waals surface area contributed by atoms with Gasteiger partial charge in [-0.15, -0.1) is 12.4 Å². The molecule has 1 unspecified atom stereocenters. The molecule has 0 aliphatic rings. The Balaban J connectivity index is 0.00000400. The van der Waals surface area contributed by atoms with Crippen molar-refractivity contribution >= 4 is 24.0 Å². The van der Waals surface area contributed by atoms with Gasteiger partial charge in [-0.05, 0) is 19.2 Å². The molecule has 0 aliphatic carbocycles. The largest absolute Gasteiger partial charge is 0.488 e. The van der Waals surface area contributed by atoms with Gasteiger partial charge in [0.25, 0.3) is 0 Å². The van der Waals surface area contributed by atoms with Gasteiger partial charge >= 0.3 is 0 Å². The molecule has 7 heteroatoms. The van der Waals surface area contributed by atoms with Crippen molar-refractivity contribution in [1.82, 2.24) is 5.32 Å². The lowest BCUT2D eigenvalue weighted by Gasteiger charge is -2.12. The zero-order chi connectivity index (χ0) is 15.0. The SMILES string of the molecule is CNCC(C)C(=O)Nc1ccc(OCCOC)c(F)c1.Cl. The number of hydrogen-bond donors (Lipinski definition) is 2. The summed E-state index contributed by atoms with van der Waals surface area (Å²) >= 11 is 0. The number of benzene rings is 1. The average Bonchev–Trinajstić information content (AvgIpc) is 2.41. The van der Waals surface area contributed by atoms with E-state index in [1.165, 1.54) is 12.1 Å². The molecule has 0 radical (unpaired) electrons. The summed E-state index contributed by atoms with van der Waals surface area (Å²) in [7, 11) is 3.32. The van der Waals surface area contributed by atoms with Crippen molar-refractivity contribution in [2.75, 3.05) is 39.2 Å². The van der Waals surface area contributed by atoms with Gasteiger partial charge < -0.3 is 20.1 Å². The van der Waals surface area contributed by atoms with Crippen molar-refractivity contribution < 1.29 is 18.7 Å². The van der Waals surface area contributed by atoms with E-state index in [9.17, 15) is 9.18 Å². The van der Waals surface area contributed by atoms with Crippen LogP contribution in [0, 0.1) is 11.7 Å². The number of nitrogens with one attached hydrogen (secondary N) is 2. The molecule has 21 heavy (non-hydrogen) atoms. The molecule has 0 saturated heterocycles.